The van der Waals surface area contributed by atoms with Crippen molar-refractivity contribution in [1.82, 2.24) is 15.1 Å². The zero-order chi connectivity index (χ0) is 14.8. The summed E-state index contributed by atoms with van der Waals surface area (Å²) in [7, 11) is 1.94. The van der Waals surface area contributed by atoms with Crippen molar-refractivity contribution in [2.75, 3.05) is 23.3 Å². The molecule has 1 aromatic heterocycles. The summed E-state index contributed by atoms with van der Waals surface area (Å²) in [5, 5.41) is 10.4. The first-order chi connectivity index (χ1) is 10.1. The number of aromatic nitrogens is 2. The molecular weight excluding hydrogens is 266 g/mol. The number of rotatable bonds is 4. The largest absolute Gasteiger partial charge is 0.381 e. The van der Waals surface area contributed by atoms with Gasteiger partial charge in [0, 0.05) is 49.3 Å². The van der Waals surface area contributed by atoms with Crippen LogP contribution in [-0.2, 0) is 13.6 Å². The lowest BCUT2D eigenvalue weighted by Crippen LogP contribution is -2.27. The van der Waals surface area contributed by atoms with Gasteiger partial charge in [-0.3, -0.25) is 9.58 Å². The number of hydrogen-bond acceptors (Lipinski definition) is 3. The average molecular weight is 285 g/mol. The fourth-order valence-corrected chi connectivity index (χ4v) is 2.39. The van der Waals surface area contributed by atoms with Crippen molar-refractivity contribution in [3.05, 3.63) is 41.7 Å². The molecule has 2 aromatic rings. The summed E-state index contributed by atoms with van der Waals surface area (Å²) in [6.45, 7) is 4.22. The van der Waals surface area contributed by atoms with Crippen molar-refractivity contribution in [3.63, 3.8) is 0 Å². The lowest BCUT2D eigenvalue weighted by Gasteiger charge is -2.15. The number of amides is 2. The summed E-state index contributed by atoms with van der Waals surface area (Å²) in [6, 6.07) is 7.88. The first kappa shape index (κ1) is 13.5. The van der Waals surface area contributed by atoms with Crippen LogP contribution in [0.2, 0.25) is 0 Å². The fraction of sp³-hybridized carbons (Fsp3) is 0.333. The van der Waals surface area contributed by atoms with E-state index in [0.29, 0.717) is 6.54 Å². The van der Waals surface area contributed by atoms with E-state index in [4.69, 9.17) is 0 Å². The highest BCUT2D eigenvalue weighted by Crippen LogP contribution is 2.20. The van der Waals surface area contributed by atoms with E-state index in [1.54, 1.807) is 4.90 Å². The van der Waals surface area contributed by atoms with Gasteiger partial charge in [0.25, 0.3) is 0 Å². The van der Waals surface area contributed by atoms with Crippen LogP contribution in [0, 0.1) is 6.92 Å². The molecule has 0 spiro atoms. The standard InChI is InChI=1S/C15H19N5O/c1-11-12(10-18-19(11)2)9-17-13-3-5-14(6-4-13)20-8-7-16-15(20)21/h3-6,10,17H,7-9H2,1-2H3,(H,16,21). The Balaban J connectivity index is 1.64. The highest BCUT2D eigenvalue weighted by atomic mass is 16.2. The van der Waals surface area contributed by atoms with Crippen molar-refractivity contribution in [1.29, 1.82) is 0 Å². The number of carbonyl (C=O) groups is 1. The molecule has 0 unspecified atom stereocenters. The number of urea groups is 1. The summed E-state index contributed by atoms with van der Waals surface area (Å²) in [4.78, 5) is 13.3. The Morgan fingerprint density at radius 1 is 1.33 bits per heavy atom. The molecule has 1 aliphatic heterocycles. The molecule has 1 aliphatic rings. The quantitative estimate of drug-likeness (QED) is 0.901. The van der Waals surface area contributed by atoms with Gasteiger partial charge in [-0.2, -0.15) is 5.10 Å². The van der Waals surface area contributed by atoms with E-state index in [2.05, 4.69) is 22.7 Å². The summed E-state index contributed by atoms with van der Waals surface area (Å²) in [5.41, 5.74) is 4.29. The predicted octanol–water partition coefficient (Wildman–Crippen LogP) is 1.87. The Morgan fingerprint density at radius 3 is 2.67 bits per heavy atom. The number of anilines is 2. The Labute approximate surface area is 123 Å². The van der Waals surface area contributed by atoms with E-state index in [9.17, 15) is 4.79 Å². The van der Waals surface area contributed by atoms with Gasteiger partial charge in [0.1, 0.15) is 0 Å². The molecule has 110 valence electrons. The van der Waals surface area contributed by atoms with Crippen LogP contribution in [0.15, 0.2) is 30.5 Å². The summed E-state index contributed by atoms with van der Waals surface area (Å²) in [5.74, 6) is 0. The third-order valence-electron chi connectivity index (χ3n) is 3.86. The number of carbonyl (C=O) groups excluding carboxylic acids is 1. The summed E-state index contributed by atoms with van der Waals surface area (Å²) in [6.07, 6.45) is 1.88. The second-order valence-corrected chi connectivity index (χ2v) is 5.16. The third-order valence-corrected chi connectivity index (χ3v) is 3.86. The van der Waals surface area contributed by atoms with Crippen LogP contribution >= 0.6 is 0 Å². The molecule has 0 atom stereocenters. The maximum absolute atomic E-state index is 11.6. The zero-order valence-corrected chi connectivity index (χ0v) is 12.3. The predicted molar refractivity (Wildman–Crippen MR) is 82.5 cm³/mol. The Morgan fingerprint density at radius 2 is 2.10 bits per heavy atom. The third kappa shape index (κ3) is 2.69. The van der Waals surface area contributed by atoms with Gasteiger partial charge < -0.3 is 10.6 Å². The van der Waals surface area contributed by atoms with E-state index in [0.717, 1.165) is 30.2 Å². The minimum atomic E-state index is -0.0262. The number of benzene rings is 1. The van der Waals surface area contributed by atoms with Gasteiger partial charge in [0.05, 0.1) is 6.20 Å². The van der Waals surface area contributed by atoms with Gasteiger partial charge in [-0.05, 0) is 31.2 Å². The molecule has 0 radical (unpaired) electrons. The molecule has 21 heavy (non-hydrogen) atoms. The molecule has 2 amide bonds. The van der Waals surface area contributed by atoms with Gasteiger partial charge in [-0.1, -0.05) is 0 Å². The minimum absolute atomic E-state index is 0.0262. The number of nitrogens with zero attached hydrogens (tertiary/aromatic N) is 3. The first-order valence-corrected chi connectivity index (χ1v) is 7.02. The lowest BCUT2D eigenvalue weighted by atomic mass is 10.2. The molecule has 6 nitrogen and oxygen atoms in total. The van der Waals surface area contributed by atoms with E-state index in [1.807, 2.05) is 42.2 Å². The van der Waals surface area contributed by atoms with Crippen LogP contribution in [0.3, 0.4) is 0 Å². The molecule has 2 N–H and O–H groups in total. The van der Waals surface area contributed by atoms with Crippen LogP contribution in [0.25, 0.3) is 0 Å². The summed E-state index contributed by atoms with van der Waals surface area (Å²) < 4.78 is 1.87. The molecule has 1 saturated heterocycles. The maximum atomic E-state index is 11.6. The summed E-state index contributed by atoms with van der Waals surface area (Å²) >= 11 is 0. The number of aryl methyl sites for hydroxylation is 1. The SMILES string of the molecule is Cc1c(CNc2ccc(N3CCNC3=O)cc2)cnn1C. The van der Waals surface area contributed by atoms with E-state index in [1.165, 1.54) is 5.56 Å². The van der Waals surface area contributed by atoms with Gasteiger partial charge in [0.15, 0.2) is 0 Å². The van der Waals surface area contributed by atoms with Crippen molar-refractivity contribution >= 4 is 17.4 Å². The Bertz CT molecular complexity index is 647. The van der Waals surface area contributed by atoms with Gasteiger partial charge in [-0.15, -0.1) is 0 Å². The van der Waals surface area contributed by atoms with Crippen molar-refractivity contribution in [2.24, 2.45) is 7.05 Å². The van der Waals surface area contributed by atoms with Crippen molar-refractivity contribution < 1.29 is 4.79 Å². The zero-order valence-electron chi connectivity index (χ0n) is 12.3. The number of hydrogen-bond donors (Lipinski definition) is 2. The average Bonchev–Trinajstić information content (AvgIpc) is 3.05. The van der Waals surface area contributed by atoms with E-state index in [-0.39, 0.29) is 6.03 Å². The van der Waals surface area contributed by atoms with Crippen LogP contribution in [-0.4, -0.2) is 28.9 Å². The smallest absolute Gasteiger partial charge is 0.321 e. The fourth-order valence-electron chi connectivity index (χ4n) is 2.39. The van der Waals surface area contributed by atoms with Crippen LogP contribution in [0.5, 0.6) is 0 Å². The molecule has 3 rings (SSSR count). The molecule has 1 fully saturated rings. The lowest BCUT2D eigenvalue weighted by molar-refractivity contribution is 0.252. The Hall–Kier alpha value is -2.50. The molecular formula is C15H19N5O. The molecule has 0 aliphatic carbocycles. The molecule has 0 saturated carbocycles. The van der Waals surface area contributed by atoms with Crippen LogP contribution in [0.1, 0.15) is 11.3 Å². The monoisotopic (exact) mass is 285 g/mol. The highest BCUT2D eigenvalue weighted by Gasteiger charge is 2.20. The van der Waals surface area contributed by atoms with Crippen molar-refractivity contribution in [3.8, 4) is 0 Å². The first-order valence-electron chi connectivity index (χ1n) is 7.02. The van der Waals surface area contributed by atoms with Gasteiger partial charge >= 0.3 is 6.03 Å². The second kappa shape index (κ2) is 5.47. The Kier molecular flexibility index (Phi) is 3.51. The minimum Gasteiger partial charge on any atom is -0.381 e. The highest BCUT2D eigenvalue weighted by molar-refractivity contribution is 5.94. The molecule has 6 heteroatoms. The van der Waals surface area contributed by atoms with Crippen LogP contribution < -0.4 is 15.5 Å². The molecule has 0 bridgehead atoms. The van der Waals surface area contributed by atoms with Crippen LogP contribution in [0.4, 0.5) is 16.2 Å². The molecule has 2 heterocycles. The maximum Gasteiger partial charge on any atom is 0.321 e. The normalized spacial score (nSPS) is 14.4. The van der Waals surface area contributed by atoms with Crippen molar-refractivity contribution in [2.45, 2.75) is 13.5 Å². The topological polar surface area (TPSA) is 62.2 Å². The van der Waals surface area contributed by atoms with Gasteiger partial charge in [-0.25, -0.2) is 4.79 Å². The number of nitrogens with one attached hydrogen (secondary N) is 2. The molecule has 1 aromatic carbocycles. The van der Waals surface area contributed by atoms with E-state index >= 15 is 0 Å². The van der Waals surface area contributed by atoms with E-state index < -0.39 is 0 Å². The second-order valence-electron chi connectivity index (χ2n) is 5.16. The van der Waals surface area contributed by atoms with Gasteiger partial charge in [0.2, 0.25) is 0 Å².